The van der Waals surface area contributed by atoms with Gasteiger partial charge in [-0.05, 0) is 0 Å². The maximum Gasteiger partial charge on any atom is 0.337 e. The van der Waals surface area contributed by atoms with Gasteiger partial charge < -0.3 is 20.4 Å². The topological polar surface area (TPSA) is 183 Å². The van der Waals surface area contributed by atoms with Gasteiger partial charge in [-0.15, -0.1) is 0 Å². The van der Waals surface area contributed by atoms with E-state index in [0.717, 1.165) is 0 Å². The van der Waals surface area contributed by atoms with Crippen molar-refractivity contribution in [3.8, 4) is 0 Å². The Balaban J connectivity index is 2.68. The fourth-order valence-corrected chi connectivity index (χ4v) is 3.21. The Morgan fingerprint density at radius 1 is 0.536 bits per heavy atom. The summed E-state index contributed by atoms with van der Waals surface area (Å²) in [6.07, 6.45) is 0. The van der Waals surface area contributed by atoms with Gasteiger partial charge in [-0.2, -0.15) is 0 Å². The van der Waals surface area contributed by atoms with E-state index in [1.807, 2.05) is 0 Å². The maximum atomic E-state index is 12.9. The van der Waals surface area contributed by atoms with Gasteiger partial charge >= 0.3 is 23.9 Å². The second kappa shape index (κ2) is 6.13. The molecule has 1 aliphatic rings. The van der Waals surface area contributed by atoms with Gasteiger partial charge in [-0.1, -0.05) is 24.3 Å². The molecule has 0 aromatic heterocycles. The molecule has 2 aromatic carbocycles. The van der Waals surface area contributed by atoms with Gasteiger partial charge in [0.2, 0.25) is 0 Å². The summed E-state index contributed by atoms with van der Waals surface area (Å²) in [6, 6.07) is 5.13. The summed E-state index contributed by atoms with van der Waals surface area (Å²) >= 11 is 0. The zero-order chi connectivity index (χ0) is 20.9. The van der Waals surface area contributed by atoms with Crippen molar-refractivity contribution in [1.82, 2.24) is 0 Å². The third-order valence-electron chi connectivity index (χ3n) is 4.23. The highest BCUT2D eigenvalue weighted by atomic mass is 16.4. The molecule has 0 unspecified atom stereocenters. The van der Waals surface area contributed by atoms with Gasteiger partial charge in [0.15, 0.2) is 11.6 Å². The molecule has 0 amide bonds. The second-order valence-corrected chi connectivity index (χ2v) is 5.67. The number of hydrogen-bond acceptors (Lipinski definition) is 6. The first-order chi connectivity index (χ1) is 13.1. The molecule has 10 nitrogen and oxygen atoms in total. The zero-order valence-corrected chi connectivity index (χ0v) is 13.5. The predicted molar refractivity (Wildman–Crippen MR) is 87.6 cm³/mol. The average Bonchev–Trinajstić information content (AvgIpc) is 2.63. The van der Waals surface area contributed by atoms with Gasteiger partial charge in [0.25, 0.3) is 0 Å². The monoisotopic (exact) mass is 384 g/mol. The molecule has 0 bridgehead atoms. The van der Waals surface area contributed by atoms with E-state index in [4.69, 9.17) is 0 Å². The highest BCUT2D eigenvalue weighted by Gasteiger charge is 2.43. The summed E-state index contributed by atoms with van der Waals surface area (Å²) in [5, 5.41) is 37.7. The van der Waals surface area contributed by atoms with E-state index in [1.165, 1.54) is 24.3 Å². The van der Waals surface area contributed by atoms with E-state index in [9.17, 15) is 49.2 Å². The van der Waals surface area contributed by atoms with Crippen LogP contribution in [0, 0.1) is 0 Å². The average molecular weight is 384 g/mol. The van der Waals surface area contributed by atoms with Gasteiger partial charge in [-0.3, -0.25) is 9.59 Å². The quantitative estimate of drug-likeness (QED) is 0.510. The Morgan fingerprint density at radius 2 is 0.821 bits per heavy atom. The van der Waals surface area contributed by atoms with Crippen molar-refractivity contribution in [1.29, 1.82) is 0 Å². The van der Waals surface area contributed by atoms with Crippen LogP contribution in [-0.2, 0) is 0 Å². The predicted octanol–water partition coefficient (Wildman–Crippen LogP) is 1.25. The van der Waals surface area contributed by atoms with Crippen LogP contribution in [-0.4, -0.2) is 55.9 Å². The van der Waals surface area contributed by atoms with Crippen LogP contribution >= 0.6 is 0 Å². The van der Waals surface area contributed by atoms with Crippen LogP contribution in [0.3, 0.4) is 0 Å². The highest BCUT2D eigenvalue weighted by molar-refractivity contribution is 6.35. The Hall–Kier alpha value is -4.34. The molecule has 140 valence electrons. The number of carbonyl (C=O) groups is 6. The first-order valence-electron chi connectivity index (χ1n) is 7.45. The Kier molecular flexibility index (Phi) is 4.04. The number of fused-ring (bicyclic) bond motifs is 2. The molecule has 4 N–H and O–H groups in total. The van der Waals surface area contributed by atoms with E-state index in [-0.39, 0.29) is 11.1 Å². The molecule has 3 rings (SSSR count). The van der Waals surface area contributed by atoms with Crippen molar-refractivity contribution in [2.75, 3.05) is 0 Å². The SMILES string of the molecule is O=C(O)c1c(C(=O)O)c(C(=O)O)c2c(c1C(=O)O)C(=O)c1ccccc1C2=O. The minimum atomic E-state index is -2.07. The molecule has 0 radical (unpaired) electrons. The lowest BCUT2D eigenvalue weighted by atomic mass is 9.76. The normalized spacial score (nSPS) is 12.1. The highest BCUT2D eigenvalue weighted by Crippen LogP contribution is 2.36. The van der Waals surface area contributed by atoms with Gasteiger partial charge in [0, 0.05) is 11.1 Å². The van der Waals surface area contributed by atoms with E-state index in [0.29, 0.717) is 0 Å². The van der Waals surface area contributed by atoms with Gasteiger partial charge in [0.1, 0.15) is 0 Å². The first kappa shape index (κ1) is 18.5. The van der Waals surface area contributed by atoms with Gasteiger partial charge in [0.05, 0.1) is 33.4 Å². The number of carbonyl (C=O) groups excluding carboxylic acids is 2. The van der Waals surface area contributed by atoms with Crippen molar-refractivity contribution in [2.45, 2.75) is 0 Å². The molecule has 2 aromatic rings. The Bertz CT molecular complexity index is 1070. The number of carboxylic acids is 4. The molecule has 1 aliphatic carbocycles. The van der Waals surface area contributed by atoms with Crippen LogP contribution in [0.2, 0.25) is 0 Å². The maximum absolute atomic E-state index is 12.9. The lowest BCUT2D eigenvalue weighted by molar-refractivity contribution is 0.0616. The number of aromatic carboxylic acids is 4. The second-order valence-electron chi connectivity index (χ2n) is 5.67. The molecule has 0 atom stereocenters. The van der Waals surface area contributed by atoms with Crippen molar-refractivity contribution in [2.24, 2.45) is 0 Å². The van der Waals surface area contributed by atoms with Crippen LogP contribution in [0.25, 0.3) is 0 Å². The van der Waals surface area contributed by atoms with Gasteiger partial charge in [-0.25, -0.2) is 19.2 Å². The smallest absolute Gasteiger partial charge is 0.337 e. The van der Waals surface area contributed by atoms with Crippen LogP contribution in [0.4, 0.5) is 0 Å². The number of carboxylic acid groups (broad SMARTS) is 4. The summed E-state index contributed by atoms with van der Waals surface area (Å²) in [5.41, 5.74) is -7.72. The number of ketones is 2. The van der Waals surface area contributed by atoms with E-state index >= 15 is 0 Å². The fraction of sp³-hybridized carbons (Fsp3) is 0. The van der Waals surface area contributed by atoms with Crippen LogP contribution in [0.15, 0.2) is 24.3 Å². The minimum absolute atomic E-state index is 0.252. The molecule has 0 spiro atoms. The van der Waals surface area contributed by atoms with Crippen molar-refractivity contribution in [3.63, 3.8) is 0 Å². The molecule has 0 fully saturated rings. The molecule has 0 saturated heterocycles. The number of rotatable bonds is 4. The Morgan fingerprint density at radius 3 is 1.07 bits per heavy atom. The van der Waals surface area contributed by atoms with Crippen molar-refractivity contribution in [3.05, 3.63) is 68.8 Å². The largest absolute Gasteiger partial charge is 0.478 e. The lowest BCUT2D eigenvalue weighted by Gasteiger charge is -2.23. The lowest BCUT2D eigenvalue weighted by Crippen LogP contribution is -2.31. The van der Waals surface area contributed by atoms with Crippen LogP contribution in [0.5, 0.6) is 0 Å². The zero-order valence-electron chi connectivity index (χ0n) is 13.5. The number of hydrogen-bond donors (Lipinski definition) is 4. The standard InChI is InChI=1S/C18H8O10/c19-13-5-3-1-2-4-6(5)14(20)8-7(13)9(15(21)22)11(17(25)26)12(18(27)28)10(8)16(23)24/h1-4H,(H,21,22)(H,23,24)(H,25,26)(H,27,28). The third kappa shape index (κ3) is 2.35. The summed E-state index contributed by atoms with van der Waals surface area (Å²) in [6.45, 7) is 0. The summed E-state index contributed by atoms with van der Waals surface area (Å²) in [5.74, 6) is -10.3. The first-order valence-corrected chi connectivity index (χ1v) is 7.45. The molecule has 0 aliphatic heterocycles. The summed E-state index contributed by atoms with van der Waals surface area (Å²) < 4.78 is 0. The molecule has 0 heterocycles. The minimum Gasteiger partial charge on any atom is -0.478 e. The Labute approximate surface area is 154 Å². The summed E-state index contributed by atoms with van der Waals surface area (Å²) in [7, 11) is 0. The third-order valence-corrected chi connectivity index (χ3v) is 4.23. The van der Waals surface area contributed by atoms with E-state index < -0.39 is 68.8 Å². The molecule has 0 saturated carbocycles. The van der Waals surface area contributed by atoms with Crippen LogP contribution in [0.1, 0.15) is 73.3 Å². The van der Waals surface area contributed by atoms with Crippen molar-refractivity contribution < 1.29 is 49.2 Å². The molecule has 28 heavy (non-hydrogen) atoms. The van der Waals surface area contributed by atoms with Crippen LogP contribution < -0.4 is 0 Å². The molecular weight excluding hydrogens is 376 g/mol. The van der Waals surface area contributed by atoms with E-state index in [2.05, 4.69) is 0 Å². The van der Waals surface area contributed by atoms with Crippen molar-refractivity contribution >= 4 is 35.4 Å². The molecule has 10 heteroatoms. The van der Waals surface area contributed by atoms with E-state index in [1.54, 1.807) is 0 Å². The molecular formula is C18H8O10. The fourth-order valence-electron chi connectivity index (χ4n) is 3.21. The summed E-state index contributed by atoms with van der Waals surface area (Å²) in [4.78, 5) is 72.5. The number of benzene rings is 2.